The van der Waals surface area contributed by atoms with E-state index in [0.29, 0.717) is 44.7 Å². The number of thiophene rings is 1. The number of nitrogens with one attached hydrogen (secondary N) is 1. The topological polar surface area (TPSA) is 73.0 Å². The Morgan fingerprint density at radius 2 is 1.88 bits per heavy atom. The van der Waals surface area contributed by atoms with Crippen LogP contribution in [0, 0.1) is 5.41 Å². The molecule has 1 atom stereocenters. The molecule has 8 heteroatoms. The van der Waals surface area contributed by atoms with Crippen LogP contribution >= 0.6 is 11.3 Å². The molecule has 1 unspecified atom stereocenters. The molecule has 2 fully saturated rings. The summed E-state index contributed by atoms with van der Waals surface area (Å²) in [5.74, 6) is 0.0396. The smallest absolute Gasteiger partial charge is 0.317 e. The van der Waals surface area contributed by atoms with Crippen LogP contribution in [0.25, 0.3) is 0 Å². The predicted octanol–water partition coefficient (Wildman–Crippen LogP) is 1.47. The van der Waals surface area contributed by atoms with Gasteiger partial charge in [-0.2, -0.15) is 11.3 Å². The van der Waals surface area contributed by atoms with Crippen molar-refractivity contribution in [2.75, 3.05) is 39.8 Å². The van der Waals surface area contributed by atoms with Gasteiger partial charge >= 0.3 is 6.03 Å². The second kappa shape index (κ2) is 7.26. The van der Waals surface area contributed by atoms with Crippen LogP contribution in [-0.4, -0.2) is 78.4 Å². The van der Waals surface area contributed by atoms with Gasteiger partial charge in [0.1, 0.15) is 0 Å². The molecule has 1 N–H and O–H groups in total. The summed E-state index contributed by atoms with van der Waals surface area (Å²) in [7, 11) is 1.78. The third kappa shape index (κ3) is 3.85. The van der Waals surface area contributed by atoms with E-state index in [2.05, 4.69) is 5.32 Å². The molecule has 2 aliphatic rings. The minimum absolute atomic E-state index is 0.0289. The van der Waals surface area contributed by atoms with Gasteiger partial charge in [-0.1, -0.05) is 0 Å². The standard InChI is InChI=1S/C18H26N4O3S/c1-13(2)19-17(25)22-6-5-21(16(24)14-4-7-26-9-14)11-18(12-22)8-15(23)20(3)10-18/h4,7,9,13H,5-6,8,10-12H2,1-3H3,(H,19,25). The average molecular weight is 378 g/mol. The fraction of sp³-hybridized carbons (Fsp3) is 0.611. The van der Waals surface area contributed by atoms with E-state index >= 15 is 0 Å². The molecule has 142 valence electrons. The molecule has 1 aromatic rings. The molecule has 0 radical (unpaired) electrons. The lowest BCUT2D eigenvalue weighted by Gasteiger charge is -2.33. The molecule has 2 aliphatic heterocycles. The Hall–Kier alpha value is -2.09. The number of urea groups is 1. The fourth-order valence-corrected chi connectivity index (χ4v) is 4.46. The lowest BCUT2D eigenvalue weighted by atomic mass is 9.86. The van der Waals surface area contributed by atoms with E-state index in [1.165, 1.54) is 11.3 Å². The van der Waals surface area contributed by atoms with Crippen LogP contribution < -0.4 is 5.32 Å². The van der Waals surface area contributed by atoms with Crippen LogP contribution in [0.1, 0.15) is 30.6 Å². The number of carbonyl (C=O) groups is 3. The molecule has 7 nitrogen and oxygen atoms in total. The second-order valence-corrected chi connectivity index (χ2v) is 8.47. The van der Waals surface area contributed by atoms with Crippen LogP contribution in [0.2, 0.25) is 0 Å². The van der Waals surface area contributed by atoms with E-state index < -0.39 is 5.41 Å². The molecule has 26 heavy (non-hydrogen) atoms. The minimum Gasteiger partial charge on any atom is -0.345 e. The van der Waals surface area contributed by atoms with Gasteiger partial charge in [-0.05, 0) is 25.3 Å². The number of carbonyl (C=O) groups excluding carboxylic acids is 3. The Balaban J connectivity index is 1.84. The average Bonchev–Trinajstić information content (AvgIpc) is 3.13. The molecule has 3 heterocycles. The quantitative estimate of drug-likeness (QED) is 0.847. The first-order chi connectivity index (χ1) is 12.3. The summed E-state index contributed by atoms with van der Waals surface area (Å²) < 4.78 is 0. The molecule has 0 aromatic carbocycles. The first kappa shape index (κ1) is 18.7. The summed E-state index contributed by atoms with van der Waals surface area (Å²) >= 11 is 1.49. The molecule has 3 rings (SSSR count). The van der Waals surface area contributed by atoms with Crippen LogP contribution in [0.5, 0.6) is 0 Å². The van der Waals surface area contributed by atoms with Crippen LogP contribution in [-0.2, 0) is 4.79 Å². The van der Waals surface area contributed by atoms with Crippen molar-refractivity contribution in [1.29, 1.82) is 0 Å². The summed E-state index contributed by atoms with van der Waals surface area (Å²) in [4.78, 5) is 43.0. The molecule has 2 saturated heterocycles. The number of amides is 4. The molecular weight excluding hydrogens is 352 g/mol. The molecule has 0 bridgehead atoms. The van der Waals surface area contributed by atoms with Gasteiger partial charge in [-0.15, -0.1) is 0 Å². The normalized spacial score (nSPS) is 23.7. The van der Waals surface area contributed by atoms with E-state index in [-0.39, 0.29) is 23.9 Å². The van der Waals surface area contributed by atoms with Crippen molar-refractivity contribution in [3.63, 3.8) is 0 Å². The maximum absolute atomic E-state index is 12.9. The monoisotopic (exact) mass is 378 g/mol. The maximum Gasteiger partial charge on any atom is 0.317 e. The third-order valence-electron chi connectivity index (χ3n) is 4.97. The Bertz CT molecular complexity index is 691. The molecule has 4 amide bonds. The molecular formula is C18H26N4O3S. The summed E-state index contributed by atoms with van der Waals surface area (Å²) in [5, 5.41) is 6.65. The Morgan fingerprint density at radius 1 is 1.19 bits per heavy atom. The highest BCUT2D eigenvalue weighted by Crippen LogP contribution is 2.35. The highest BCUT2D eigenvalue weighted by molar-refractivity contribution is 7.08. The van der Waals surface area contributed by atoms with Crippen LogP contribution in [0.15, 0.2) is 16.8 Å². The SMILES string of the molecule is CC(C)NC(=O)N1CCN(C(=O)c2ccsc2)CC2(CC(=O)N(C)C2)C1. The van der Waals surface area contributed by atoms with Gasteiger partial charge in [0.15, 0.2) is 0 Å². The van der Waals surface area contributed by atoms with E-state index in [4.69, 9.17) is 0 Å². The van der Waals surface area contributed by atoms with Crippen molar-refractivity contribution >= 4 is 29.2 Å². The van der Waals surface area contributed by atoms with Crippen molar-refractivity contribution in [2.45, 2.75) is 26.3 Å². The Morgan fingerprint density at radius 3 is 2.46 bits per heavy atom. The number of rotatable bonds is 2. The van der Waals surface area contributed by atoms with Gasteiger partial charge in [0.2, 0.25) is 5.91 Å². The number of likely N-dealkylation sites (tertiary alicyclic amines) is 1. The predicted molar refractivity (Wildman–Crippen MR) is 100 cm³/mol. The van der Waals surface area contributed by atoms with Crippen molar-refractivity contribution in [1.82, 2.24) is 20.0 Å². The minimum atomic E-state index is -0.414. The lowest BCUT2D eigenvalue weighted by Crippen LogP contribution is -2.49. The number of hydrogen-bond acceptors (Lipinski definition) is 4. The van der Waals surface area contributed by atoms with Gasteiger partial charge < -0.3 is 20.0 Å². The zero-order valence-corrected chi connectivity index (χ0v) is 16.3. The van der Waals surface area contributed by atoms with Gasteiger partial charge in [-0.25, -0.2) is 4.79 Å². The Labute approximate surface area is 157 Å². The first-order valence-electron chi connectivity index (χ1n) is 8.90. The molecule has 1 spiro atoms. The van der Waals surface area contributed by atoms with Crippen LogP contribution in [0.4, 0.5) is 4.79 Å². The highest BCUT2D eigenvalue weighted by Gasteiger charge is 2.47. The zero-order valence-electron chi connectivity index (χ0n) is 15.5. The van der Waals surface area contributed by atoms with Gasteiger partial charge in [0.05, 0.1) is 5.56 Å². The number of nitrogens with zero attached hydrogens (tertiary/aromatic N) is 3. The fourth-order valence-electron chi connectivity index (χ4n) is 3.83. The van der Waals surface area contributed by atoms with Crippen LogP contribution in [0.3, 0.4) is 0 Å². The summed E-state index contributed by atoms with van der Waals surface area (Å²) in [5.41, 5.74) is 0.255. The summed E-state index contributed by atoms with van der Waals surface area (Å²) in [6, 6.07) is 1.73. The van der Waals surface area contributed by atoms with Crippen molar-refractivity contribution < 1.29 is 14.4 Å². The van der Waals surface area contributed by atoms with E-state index in [1.54, 1.807) is 21.7 Å². The summed E-state index contributed by atoms with van der Waals surface area (Å²) in [6.07, 6.45) is 0.363. The van der Waals surface area contributed by atoms with E-state index in [1.807, 2.05) is 30.7 Å². The van der Waals surface area contributed by atoms with Gasteiger partial charge in [-0.3, -0.25) is 9.59 Å². The third-order valence-corrected chi connectivity index (χ3v) is 5.65. The lowest BCUT2D eigenvalue weighted by molar-refractivity contribution is -0.126. The van der Waals surface area contributed by atoms with Gasteiger partial charge in [0.25, 0.3) is 5.91 Å². The Kier molecular flexibility index (Phi) is 5.22. The molecule has 1 aromatic heterocycles. The maximum atomic E-state index is 12.9. The van der Waals surface area contributed by atoms with Crippen molar-refractivity contribution in [3.05, 3.63) is 22.4 Å². The number of hydrogen-bond donors (Lipinski definition) is 1. The van der Waals surface area contributed by atoms with Crippen molar-refractivity contribution in [2.24, 2.45) is 5.41 Å². The first-order valence-corrected chi connectivity index (χ1v) is 9.85. The van der Waals surface area contributed by atoms with Gasteiger partial charge in [0, 0.05) is 63.0 Å². The second-order valence-electron chi connectivity index (χ2n) is 7.69. The van der Waals surface area contributed by atoms with E-state index in [0.717, 1.165) is 0 Å². The molecule has 0 saturated carbocycles. The largest absolute Gasteiger partial charge is 0.345 e. The van der Waals surface area contributed by atoms with Crippen molar-refractivity contribution in [3.8, 4) is 0 Å². The zero-order chi connectivity index (χ0) is 18.9. The highest BCUT2D eigenvalue weighted by atomic mass is 32.1. The molecule has 0 aliphatic carbocycles. The summed E-state index contributed by atoms with van der Waals surface area (Å²) in [6.45, 7) is 6.31. The van der Waals surface area contributed by atoms with E-state index in [9.17, 15) is 14.4 Å².